The van der Waals surface area contributed by atoms with Gasteiger partial charge in [0.25, 0.3) is 0 Å². The molecule has 8 heteroatoms. The van der Waals surface area contributed by atoms with Crippen LogP contribution < -0.4 is 4.72 Å². The zero-order chi connectivity index (χ0) is 15.0. The summed E-state index contributed by atoms with van der Waals surface area (Å²) in [5.41, 5.74) is -1.46. The van der Waals surface area contributed by atoms with Crippen molar-refractivity contribution in [2.45, 2.75) is 35.9 Å². The fourth-order valence-electron chi connectivity index (χ4n) is 1.83. The van der Waals surface area contributed by atoms with Crippen molar-refractivity contribution in [3.05, 3.63) is 29.8 Å². The summed E-state index contributed by atoms with van der Waals surface area (Å²) in [5.74, 6) is 0.390. The highest BCUT2D eigenvalue weighted by atomic mass is 35.5. The number of halogens is 4. The summed E-state index contributed by atoms with van der Waals surface area (Å²) in [6, 6.07) is 5.67. The third kappa shape index (κ3) is 3.10. The van der Waals surface area contributed by atoms with Crippen molar-refractivity contribution in [2.75, 3.05) is 5.88 Å². The maximum atomic E-state index is 12.8. The molecule has 1 aromatic carbocycles. The summed E-state index contributed by atoms with van der Waals surface area (Å²) in [6.07, 6.45) is -4.44. The van der Waals surface area contributed by atoms with Gasteiger partial charge in [-0.25, -0.2) is 8.42 Å². The van der Waals surface area contributed by atoms with Gasteiger partial charge in [-0.3, -0.25) is 0 Å². The minimum atomic E-state index is -4.57. The van der Waals surface area contributed by atoms with Crippen molar-refractivity contribution in [3.63, 3.8) is 0 Å². The van der Waals surface area contributed by atoms with Gasteiger partial charge in [0.15, 0.2) is 0 Å². The highest BCUT2D eigenvalue weighted by molar-refractivity contribution is 7.89. The van der Waals surface area contributed by atoms with Crippen molar-refractivity contribution in [1.29, 1.82) is 0 Å². The normalized spacial score (nSPS) is 18.0. The Morgan fingerprint density at radius 3 is 2.15 bits per heavy atom. The van der Waals surface area contributed by atoms with Gasteiger partial charge in [-0.1, -0.05) is 12.1 Å². The van der Waals surface area contributed by atoms with Crippen LogP contribution in [0.1, 0.15) is 18.4 Å². The number of sulfonamides is 1. The Balaban J connectivity index is 2.19. The van der Waals surface area contributed by atoms with Crippen LogP contribution in [0.5, 0.6) is 0 Å². The van der Waals surface area contributed by atoms with Gasteiger partial charge < -0.3 is 0 Å². The van der Waals surface area contributed by atoms with E-state index in [0.717, 1.165) is 5.56 Å². The van der Waals surface area contributed by atoms with Gasteiger partial charge in [0.05, 0.1) is 4.90 Å². The molecule has 0 aliphatic heterocycles. The first-order chi connectivity index (χ1) is 9.20. The van der Waals surface area contributed by atoms with Gasteiger partial charge in [-0.2, -0.15) is 17.9 Å². The van der Waals surface area contributed by atoms with Crippen LogP contribution in [0.3, 0.4) is 0 Å². The second kappa shape index (κ2) is 5.20. The lowest BCUT2D eigenvalue weighted by Gasteiger charge is -2.20. The lowest BCUT2D eigenvalue weighted by atomic mass is 10.2. The highest BCUT2D eigenvalue weighted by Gasteiger charge is 2.65. The van der Waals surface area contributed by atoms with Gasteiger partial charge in [0.2, 0.25) is 10.0 Å². The number of benzene rings is 1. The smallest absolute Gasteiger partial charge is 0.207 e. The molecule has 0 unspecified atom stereocenters. The molecule has 0 heterocycles. The predicted molar refractivity (Wildman–Crippen MR) is 69.2 cm³/mol. The zero-order valence-electron chi connectivity index (χ0n) is 10.4. The summed E-state index contributed by atoms with van der Waals surface area (Å²) >= 11 is 5.56. The van der Waals surface area contributed by atoms with E-state index in [-0.39, 0.29) is 17.7 Å². The van der Waals surface area contributed by atoms with Crippen molar-refractivity contribution in [2.24, 2.45) is 0 Å². The molecule has 0 radical (unpaired) electrons. The summed E-state index contributed by atoms with van der Waals surface area (Å²) in [6.45, 7) is 0. The molecule has 1 N–H and O–H groups in total. The summed E-state index contributed by atoms with van der Waals surface area (Å²) in [7, 11) is -4.17. The van der Waals surface area contributed by atoms with E-state index < -0.39 is 21.7 Å². The van der Waals surface area contributed by atoms with E-state index in [1.54, 1.807) is 16.9 Å². The Kier molecular flexibility index (Phi) is 4.05. The van der Waals surface area contributed by atoms with Crippen LogP contribution in [-0.2, 0) is 16.4 Å². The molecular weight excluding hydrogens is 315 g/mol. The molecule has 1 aliphatic rings. The van der Waals surface area contributed by atoms with E-state index in [1.807, 2.05) is 0 Å². The van der Waals surface area contributed by atoms with Crippen LogP contribution >= 0.6 is 11.6 Å². The number of alkyl halides is 4. The number of hydrogen-bond donors (Lipinski definition) is 1. The molecule has 0 bridgehead atoms. The largest absolute Gasteiger partial charge is 0.407 e. The molecule has 1 fully saturated rings. The second-order valence-electron chi connectivity index (χ2n) is 4.77. The minimum absolute atomic E-state index is 0.175. The quantitative estimate of drug-likeness (QED) is 0.845. The summed E-state index contributed by atoms with van der Waals surface area (Å²) in [5, 5.41) is 0. The Labute approximate surface area is 120 Å². The molecule has 3 nitrogen and oxygen atoms in total. The second-order valence-corrected chi connectivity index (χ2v) is 6.83. The average Bonchev–Trinajstić information content (AvgIpc) is 3.10. The van der Waals surface area contributed by atoms with Gasteiger partial charge in [0, 0.05) is 5.88 Å². The Morgan fingerprint density at radius 1 is 1.20 bits per heavy atom. The lowest BCUT2D eigenvalue weighted by Crippen LogP contribution is -2.47. The van der Waals surface area contributed by atoms with E-state index in [1.165, 1.54) is 12.1 Å². The summed E-state index contributed by atoms with van der Waals surface area (Å²) in [4.78, 5) is -0.175. The van der Waals surface area contributed by atoms with E-state index >= 15 is 0 Å². The summed E-state index contributed by atoms with van der Waals surface area (Å²) < 4.78 is 64.0. The van der Waals surface area contributed by atoms with Gasteiger partial charge >= 0.3 is 6.18 Å². The maximum Gasteiger partial charge on any atom is 0.407 e. The molecule has 1 aliphatic carbocycles. The molecule has 112 valence electrons. The number of hydrogen-bond acceptors (Lipinski definition) is 2. The van der Waals surface area contributed by atoms with E-state index in [2.05, 4.69) is 0 Å². The lowest BCUT2D eigenvalue weighted by molar-refractivity contribution is -0.160. The van der Waals surface area contributed by atoms with Crippen LogP contribution in [0, 0.1) is 0 Å². The fraction of sp³-hybridized carbons (Fsp3) is 0.500. The van der Waals surface area contributed by atoms with E-state index in [4.69, 9.17) is 11.6 Å². The van der Waals surface area contributed by atoms with Gasteiger partial charge in [0.1, 0.15) is 5.54 Å². The minimum Gasteiger partial charge on any atom is -0.207 e. The monoisotopic (exact) mass is 327 g/mol. The van der Waals surface area contributed by atoms with E-state index in [9.17, 15) is 21.6 Å². The van der Waals surface area contributed by atoms with Crippen LogP contribution in [0.4, 0.5) is 13.2 Å². The molecular formula is C12H13ClF3NO2S. The SMILES string of the molecule is O=S(=O)(NC1(C(F)(F)F)CC1)c1ccc(CCCl)cc1. The first-order valence-electron chi connectivity index (χ1n) is 5.96. The molecule has 0 saturated heterocycles. The molecule has 1 saturated carbocycles. The molecule has 0 amide bonds. The van der Waals surface area contributed by atoms with Crippen LogP contribution in [0.2, 0.25) is 0 Å². The predicted octanol–water partition coefficient (Wildman–Crippen LogP) is 2.84. The third-order valence-corrected chi connectivity index (χ3v) is 4.98. The topological polar surface area (TPSA) is 46.2 Å². The molecule has 20 heavy (non-hydrogen) atoms. The highest BCUT2D eigenvalue weighted by Crippen LogP contribution is 2.49. The van der Waals surface area contributed by atoms with Crippen LogP contribution in [-0.4, -0.2) is 26.0 Å². The molecule has 2 rings (SSSR count). The Morgan fingerprint density at radius 2 is 1.75 bits per heavy atom. The first-order valence-corrected chi connectivity index (χ1v) is 7.98. The number of aryl methyl sites for hydroxylation is 1. The molecule has 0 spiro atoms. The molecule has 0 aromatic heterocycles. The standard InChI is InChI=1S/C12H13ClF3NO2S/c13-8-5-9-1-3-10(4-2-9)20(18,19)17-11(6-7-11)12(14,15)16/h1-4,17H,5-8H2. The van der Waals surface area contributed by atoms with Crippen LogP contribution in [0.25, 0.3) is 0 Å². The maximum absolute atomic E-state index is 12.8. The first kappa shape index (κ1) is 15.6. The van der Waals surface area contributed by atoms with Gasteiger partial charge in [-0.05, 0) is 37.0 Å². The van der Waals surface area contributed by atoms with E-state index in [0.29, 0.717) is 12.3 Å². The van der Waals surface area contributed by atoms with Crippen LogP contribution in [0.15, 0.2) is 29.2 Å². The average molecular weight is 328 g/mol. The molecule has 0 atom stereocenters. The van der Waals surface area contributed by atoms with Crippen molar-refractivity contribution >= 4 is 21.6 Å². The van der Waals surface area contributed by atoms with Gasteiger partial charge in [-0.15, -0.1) is 11.6 Å². The fourth-order valence-corrected chi connectivity index (χ4v) is 3.49. The number of nitrogens with one attached hydrogen (secondary N) is 1. The van der Waals surface area contributed by atoms with Crippen molar-refractivity contribution in [1.82, 2.24) is 4.72 Å². The Hall–Kier alpha value is -0.790. The third-order valence-electron chi connectivity index (χ3n) is 3.24. The van der Waals surface area contributed by atoms with Crippen molar-refractivity contribution in [3.8, 4) is 0 Å². The molecule has 1 aromatic rings. The Bertz CT molecular complexity index is 580. The van der Waals surface area contributed by atoms with Crippen molar-refractivity contribution < 1.29 is 21.6 Å². The zero-order valence-corrected chi connectivity index (χ0v) is 11.9. The number of rotatable bonds is 5.